The van der Waals surface area contributed by atoms with Crippen LogP contribution in [-0.2, 0) is 7.05 Å². The van der Waals surface area contributed by atoms with Crippen molar-refractivity contribution >= 4 is 34.8 Å². The molecule has 4 aromatic rings. The maximum Gasteiger partial charge on any atom is 0.197 e. The van der Waals surface area contributed by atoms with Crippen molar-refractivity contribution in [2.45, 2.75) is 19.8 Å². The number of carbonyl (C=O) groups is 2. The van der Waals surface area contributed by atoms with Gasteiger partial charge >= 0.3 is 0 Å². The molecule has 0 saturated carbocycles. The number of carbonyl (C=O) groups excluding carboxylic acids is 2. The minimum Gasteiger partial charge on any atom is -0.348 e. The van der Waals surface area contributed by atoms with E-state index < -0.39 is 0 Å². The number of aryl methyl sites for hydroxylation is 1. The molecule has 0 radical (unpaired) electrons. The molecule has 1 fully saturated rings. The van der Waals surface area contributed by atoms with Crippen LogP contribution in [0.2, 0.25) is 10.0 Å². The van der Waals surface area contributed by atoms with Gasteiger partial charge in [0.05, 0.1) is 28.6 Å². The van der Waals surface area contributed by atoms with Gasteiger partial charge in [-0.15, -0.1) is 0 Å². The third-order valence-corrected chi connectivity index (χ3v) is 7.68. The predicted molar refractivity (Wildman–Crippen MR) is 147 cm³/mol. The second kappa shape index (κ2) is 10.7. The van der Waals surface area contributed by atoms with Crippen molar-refractivity contribution in [3.8, 4) is 16.9 Å². The second-order valence-corrected chi connectivity index (χ2v) is 10.4. The summed E-state index contributed by atoms with van der Waals surface area (Å²) in [5.74, 6) is 0.115. The molecule has 0 bridgehead atoms. The number of aromatic nitrogens is 3. The molecule has 6 nitrogen and oxygen atoms in total. The number of hydrogen-bond donors (Lipinski definition) is 0. The van der Waals surface area contributed by atoms with E-state index in [2.05, 4.69) is 4.90 Å². The molecular weight excluding hydrogens is 507 g/mol. The Morgan fingerprint density at radius 3 is 2.32 bits per heavy atom. The lowest BCUT2D eigenvalue weighted by Crippen LogP contribution is -2.39. The summed E-state index contributed by atoms with van der Waals surface area (Å²) in [7, 11) is 1.89. The van der Waals surface area contributed by atoms with E-state index in [1.807, 2.05) is 85.4 Å². The van der Waals surface area contributed by atoms with Gasteiger partial charge in [0.2, 0.25) is 0 Å². The fourth-order valence-electron chi connectivity index (χ4n) is 5.06. The number of halogens is 2. The number of ketones is 2. The minimum atomic E-state index is -0.0503. The standard InChI is InChI=1S/C29H28Cl2N4O2/c1-19-27(26(36)18-34-16-13-21(14-17-34)29(37)25-8-5-15-33(25)2)32-35(24-7-4-3-6-23(24)31)28(19)20-9-11-22(30)12-10-20/h3-12,15,21H,13-14,16-18H2,1-2H3. The Morgan fingerprint density at radius 1 is 0.973 bits per heavy atom. The van der Waals surface area contributed by atoms with Crippen molar-refractivity contribution in [1.82, 2.24) is 19.2 Å². The van der Waals surface area contributed by atoms with Crippen LogP contribution in [0, 0.1) is 12.8 Å². The van der Waals surface area contributed by atoms with E-state index in [1.54, 1.807) is 4.68 Å². The summed E-state index contributed by atoms with van der Waals surface area (Å²) in [5.41, 5.74) is 4.36. The van der Waals surface area contributed by atoms with E-state index in [0.717, 1.165) is 35.4 Å². The monoisotopic (exact) mass is 534 g/mol. The average molecular weight is 535 g/mol. The normalized spacial score (nSPS) is 14.7. The fourth-order valence-corrected chi connectivity index (χ4v) is 5.40. The van der Waals surface area contributed by atoms with Crippen LogP contribution in [0.5, 0.6) is 0 Å². The fraction of sp³-hybridized carbons (Fsp3) is 0.276. The van der Waals surface area contributed by atoms with Gasteiger partial charge in [0.25, 0.3) is 0 Å². The van der Waals surface area contributed by atoms with Gasteiger partial charge in [0.1, 0.15) is 5.69 Å². The first kappa shape index (κ1) is 25.5. The van der Waals surface area contributed by atoms with E-state index in [0.29, 0.717) is 34.5 Å². The summed E-state index contributed by atoms with van der Waals surface area (Å²) >= 11 is 12.6. The van der Waals surface area contributed by atoms with E-state index in [1.165, 1.54) is 0 Å². The van der Waals surface area contributed by atoms with Crippen molar-refractivity contribution in [2.75, 3.05) is 19.6 Å². The summed E-state index contributed by atoms with van der Waals surface area (Å²) in [6.07, 6.45) is 3.37. The van der Waals surface area contributed by atoms with Crippen LogP contribution in [-0.4, -0.2) is 50.4 Å². The highest BCUT2D eigenvalue weighted by Gasteiger charge is 2.29. The molecule has 0 atom stereocenters. The maximum absolute atomic E-state index is 13.5. The first-order chi connectivity index (χ1) is 17.8. The Balaban J connectivity index is 1.37. The molecule has 8 heteroatoms. The quantitative estimate of drug-likeness (QED) is 0.262. The van der Waals surface area contributed by atoms with Crippen molar-refractivity contribution in [1.29, 1.82) is 0 Å². The number of Topliss-reactive ketones (excluding diaryl/α,β-unsaturated/α-hetero) is 2. The van der Waals surface area contributed by atoms with Crippen LogP contribution >= 0.6 is 23.2 Å². The zero-order valence-electron chi connectivity index (χ0n) is 20.8. The number of piperidine rings is 1. The Bertz CT molecular complexity index is 1450. The van der Waals surface area contributed by atoms with Crippen LogP contribution in [0.3, 0.4) is 0 Å². The number of rotatable bonds is 7. The lowest BCUT2D eigenvalue weighted by molar-refractivity contribution is 0.0797. The lowest BCUT2D eigenvalue weighted by Gasteiger charge is -2.30. The summed E-state index contributed by atoms with van der Waals surface area (Å²) < 4.78 is 3.62. The summed E-state index contributed by atoms with van der Waals surface area (Å²) in [6.45, 7) is 3.57. The second-order valence-electron chi connectivity index (χ2n) is 9.53. The number of likely N-dealkylation sites (tertiary alicyclic amines) is 1. The van der Waals surface area contributed by atoms with Gasteiger partial charge in [-0.1, -0.05) is 47.5 Å². The molecule has 37 heavy (non-hydrogen) atoms. The van der Waals surface area contributed by atoms with Crippen LogP contribution < -0.4 is 0 Å². The van der Waals surface area contributed by atoms with E-state index in [9.17, 15) is 9.59 Å². The van der Waals surface area contributed by atoms with Crippen molar-refractivity contribution in [3.63, 3.8) is 0 Å². The first-order valence-electron chi connectivity index (χ1n) is 12.3. The van der Waals surface area contributed by atoms with E-state index in [-0.39, 0.29) is 24.0 Å². The van der Waals surface area contributed by atoms with E-state index in [4.69, 9.17) is 28.3 Å². The molecule has 1 saturated heterocycles. The molecule has 5 rings (SSSR count). The Hall–Kier alpha value is -3.19. The van der Waals surface area contributed by atoms with Crippen molar-refractivity contribution in [2.24, 2.45) is 13.0 Å². The Labute approximate surface area is 226 Å². The molecule has 0 N–H and O–H groups in total. The zero-order valence-corrected chi connectivity index (χ0v) is 22.3. The summed E-state index contributed by atoms with van der Waals surface area (Å²) in [4.78, 5) is 28.5. The molecule has 2 aromatic heterocycles. The van der Waals surface area contributed by atoms with Gasteiger partial charge in [0, 0.05) is 35.3 Å². The van der Waals surface area contributed by atoms with Crippen molar-refractivity contribution in [3.05, 3.63) is 93.9 Å². The molecule has 0 unspecified atom stereocenters. The largest absolute Gasteiger partial charge is 0.348 e. The first-order valence-corrected chi connectivity index (χ1v) is 13.1. The van der Waals surface area contributed by atoms with Crippen LogP contribution in [0.1, 0.15) is 39.4 Å². The molecule has 3 heterocycles. The molecule has 1 aliphatic rings. The van der Waals surface area contributed by atoms with E-state index >= 15 is 0 Å². The highest BCUT2D eigenvalue weighted by molar-refractivity contribution is 6.32. The topological polar surface area (TPSA) is 60.1 Å². The molecule has 2 aromatic carbocycles. The third kappa shape index (κ3) is 5.14. The Morgan fingerprint density at radius 2 is 1.68 bits per heavy atom. The van der Waals surface area contributed by atoms with Crippen molar-refractivity contribution < 1.29 is 9.59 Å². The van der Waals surface area contributed by atoms with Gasteiger partial charge in [-0.2, -0.15) is 5.10 Å². The van der Waals surface area contributed by atoms with Gasteiger partial charge in [-0.05, 0) is 69.3 Å². The number of nitrogens with zero attached hydrogens (tertiary/aromatic N) is 4. The highest BCUT2D eigenvalue weighted by atomic mass is 35.5. The molecule has 190 valence electrons. The zero-order chi connectivity index (χ0) is 26.1. The van der Waals surface area contributed by atoms with Crippen LogP contribution in [0.4, 0.5) is 0 Å². The van der Waals surface area contributed by atoms with Crippen LogP contribution in [0.25, 0.3) is 16.9 Å². The maximum atomic E-state index is 13.5. The molecule has 0 aliphatic carbocycles. The SMILES string of the molecule is Cc1c(C(=O)CN2CCC(C(=O)c3cccn3C)CC2)nn(-c2ccccc2Cl)c1-c1ccc(Cl)cc1. The number of benzene rings is 2. The summed E-state index contributed by atoms with van der Waals surface area (Å²) in [6, 6.07) is 18.7. The predicted octanol–water partition coefficient (Wildman–Crippen LogP) is 6.27. The number of para-hydroxylation sites is 1. The van der Waals surface area contributed by atoms with Gasteiger partial charge in [-0.3, -0.25) is 14.5 Å². The number of hydrogen-bond acceptors (Lipinski definition) is 4. The minimum absolute atomic E-state index is 0.0161. The highest BCUT2D eigenvalue weighted by Crippen LogP contribution is 2.32. The molecule has 1 aliphatic heterocycles. The molecule has 0 amide bonds. The molecular formula is C29H28Cl2N4O2. The van der Waals surface area contributed by atoms with Gasteiger partial charge in [0.15, 0.2) is 11.6 Å². The third-order valence-electron chi connectivity index (χ3n) is 7.11. The average Bonchev–Trinajstić information content (AvgIpc) is 3.48. The summed E-state index contributed by atoms with van der Waals surface area (Å²) in [5, 5.41) is 5.94. The smallest absolute Gasteiger partial charge is 0.197 e. The van der Waals surface area contributed by atoms with Crippen LogP contribution in [0.15, 0.2) is 66.9 Å². The lowest BCUT2D eigenvalue weighted by atomic mass is 9.90. The Kier molecular flexibility index (Phi) is 7.33. The van der Waals surface area contributed by atoms with Gasteiger partial charge in [-0.25, -0.2) is 4.68 Å². The molecule has 0 spiro atoms. The van der Waals surface area contributed by atoms with Gasteiger partial charge < -0.3 is 4.57 Å².